The molecule has 1 N–H and O–H groups in total. The molecule has 118 valence electrons. The summed E-state index contributed by atoms with van der Waals surface area (Å²) < 4.78 is 1.82. The van der Waals surface area contributed by atoms with Crippen LogP contribution in [0.5, 0.6) is 0 Å². The van der Waals surface area contributed by atoms with Crippen molar-refractivity contribution >= 4 is 16.9 Å². The van der Waals surface area contributed by atoms with Crippen LogP contribution in [0.3, 0.4) is 0 Å². The minimum absolute atomic E-state index is 0.0639. The van der Waals surface area contributed by atoms with Gasteiger partial charge in [-0.15, -0.1) is 5.10 Å². The molecule has 5 heteroatoms. The van der Waals surface area contributed by atoms with Gasteiger partial charge in [-0.25, -0.2) is 4.68 Å². The summed E-state index contributed by atoms with van der Waals surface area (Å²) in [4.78, 5) is 12.2. The second kappa shape index (κ2) is 7.05. The largest absolute Gasteiger partial charge is 0.352 e. The fraction of sp³-hybridized carbons (Fsp3) is 0.278. The maximum atomic E-state index is 12.2. The Morgan fingerprint density at radius 2 is 2.00 bits per heavy atom. The third kappa shape index (κ3) is 3.56. The molecule has 0 bridgehead atoms. The van der Waals surface area contributed by atoms with E-state index in [9.17, 15) is 4.79 Å². The third-order valence-electron chi connectivity index (χ3n) is 3.85. The fourth-order valence-electron chi connectivity index (χ4n) is 2.59. The predicted octanol–water partition coefficient (Wildman–Crippen LogP) is 2.81. The summed E-state index contributed by atoms with van der Waals surface area (Å²) in [7, 11) is 0. The summed E-state index contributed by atoms with van der Waals surface area (Å²) in [6.45, 7) is 3.44. The van der Waals surface area contributed by atoms with Crippen molar-refractivity contribution < 1.29 is 4.79 Å². The minimum Gasteiger partial charge on any atom is -0.352 e. The molecule has 0 unspecified atom stereocenters. The van der Waals surface area contributed by atoms with E-state index in [0.717, 1.165) is 30.4 Å². The zero-order valence-corrected chi connectivity index (χ0v) is 13.2. The lowest BCUT2D eigenvalue weighted by atomic mass is 10.1. The highest BCUT2D eigenvalue weighted by Crippen LogP contribution is 2.13. The van der Waals surface area contributed by atoms with Crippen LogP contribution in [0.1, 0.15) is 29.3 Å². The average Bonchev–Trinajstić information content (AvgIpc) is 3.01. The summed E-state index contributed by atoms with van der Waals surface area (Å²) in [5, 5.41) is 11.1. The van der Waals surface area contributed by atoms with Crippen LogP contribution >= 0.6 is 0 Å². The first-order valence-corrected chi connectivity index (χ1v) is 7.93. The van der Waals surface area contributed by atoms with Crippen molar-refractivity contribution in [3.8, 4) is 0 Å². The first kappa shape index (κ1) is 15.2. The Labute approximate surface area is 135 Å². The number of amides is 1. The van der Waals surface area contributed by atoms with Gasteiger partial charge in [-0.05, 0) is 43.5 Å². The Hall–Kier alpha value is -2.69. The third-order valence-corrected chi connectivity index (χ3v) is 3.85. The first-order chi connectivity index (χ1) is 11.3. The number of hydrogen-bond donors (Lipinski definition) is 1. The Morgan fingerprint density at radius 3 is 2.78 bits per heavy atom. The number of benzene rings is 2. The van der Waals surface area contributed by atoms with Crippen LogP contribution in [0, 0.1) is 0 Å². The Morgan fingerprint density at radius 1 is 1.17 bits per heavy atom. The molecular formula is C18H20N4O. The second-order valence-electron chi connectivity index (χ2n) is 5.45. The molecule has 0 fully saturated rings. The van der Waals surface area contributed by atoms with Gasteiger partial charge in [0.05, 0.1) is 5.52 Å². The van der Waals surface area contributed by atoms with E-state index in [1.165, 1.54) is 5.56 Å². The van der Waals surface area contributed by atoms with E-state index >= 15 is 0 Å². The van der Waals surface area contributed by atoms with Gasteiger partial charge in [0.1, 0.15) is 5.52 Å². The van der Waals surface area contributed by atoms with Gasteiger partial charge < -0.3 is 5.32 Å². The summed E-state index contributed by atoms with van der Waals surface area (Å²) in [6.07, 6.45) is 1.88. The van der Waals surface area contributed by atoms with Gasteiger partial charge in [-0.3, -0.25) is 4.79 Å². The highest BCUT2D eigenvalue weighted by Gasteiger charge is 2.09. The second-order valence-corrected chi connectivity index (χ2v) is 5.45. The molecule has 5 nitrogen and oxygen atoms in total. The molecule has 0 atom stereocenters. The predicted molar refractivity (Wildman–Crippen MR) is 90.3 cm³/mol. The molecular weight excluding hydrogens is 288 g/mol. The Bertz CT molecular complexity index is 795. The highest BCUT2D eigenvalue weighted by molar-refractivity contribution is 5.97. The number of fused-ring (bicyclic) bond motifs is 1. The normalized spacial score (nSPS) is 10.8. The molecule has 0 saturated carbocycles. The van der Waals surface area contributed by atoms with Crippen LogP contribution < -0.4 is 5.32 Å². The van der Waals surface area contributed by atoms with Crippen LogP contribution in [0.4, 0.5) is 0 Å². The summed E-state index contributed by atoms with van der Waals surface area (Å²) in [5.74, 6) is -0.0639. The zero-order valence-electron chi connectivity index (χ0n) is 13.2. The Kier molecular flexibility index (Phi) is 4.66. The molecule has 1 aromatic heterocycles. The highest BCUT2D eigenvalue weighted by atomic mass is 16.1. The van der Waals surface area contributed by atoms with Gasteiger partial charge >= 0.3 is 0 Å². The summed E-state index contributed by atoms with van der Waals surface area (Å²) in [6, 6.07) is 15.8. The van der Waals surface area contributed by atoms with Crippen LogP contribution in [0.15, 0.2) is 48.5 Å². The lowest BCUT2D eigenvalue weighted by molar-refractivity contribution is 0.0953. The van der Waals surface area contributed by atoms with Crippen molar-refractivity contribution in [2.75, 3.05) is 6.54 Å². The molecule has 0 aliphatic carbocycles. The number of aromatic nitrogens is 3. The van der Waals surface area contributed by atoms with E-state index in [1.54, 1.807) is 6.07 Å². The number of hydrogen-bond acceptors (Lipinski definition) is 3. The molecule has 1 heterocycles. The van der Waals surface area contributed by atoms with Crippen molar-refractivity contribution in [3.63, 3.8) is 0 Å². The molecule has 0 saturated heterocycles. The number of nitrogens with one attached hydrogen (secondary N) is 1. The molecule has 0 aliphatic heterocycles. The molecule has 23 heavy (non-hydrogen) atoms. The van der Waals surface area contributed by atoms with E-state index in [-0.39, 0.29) is 5.91 Å². The van der Waals surface area contributed by atoms with E-state index in [2.05, 4.69) is 27.8 Å². The summed E-state index contributed by atoms with van der Waals surface area (Å²) in [5.41, 5.74) is 3.62. The van der Waals surface area contributed by atoms with Crippen molar-refractivity contribution in [2.24, 2.45) is 0 Å². The lowest BCUT2D eigenvalue weighted by Gasteiger charge is -2.06. The van der Waals surface area contributed by atoms with E-state index in [1.807, 2.05) is 41.9 Å². The van der Waals surface area contributed by atoms with Gasteiger partial charge in [0, 0.05) is 18.7 Å². The first-order valence-electron chi connectivity index (χ1n) is 7.93. The van der Waals surface area contributed by atoms with Crippen LogP contribution in [0.25, 0.3) is 11.0 Å². The molecule has 0 radical (unpaired) electrons. The monoisotopic (exact) mass is 308 g/mol. The average molecular weight is 308 g/mol. The van der Waals surface area contributed by atoms with Crippen molar-refractivity contribution in [1.29, 1.82) is 0 Å². The lowest BCUT2D eigenvalue weighted by Crippen LogP contribution is -2.24. The topological polar surface area (TPSA) is 59.8 Å². The number of aryl methyl sites for hydroxylation is 2. The molecule has 3 aromatic rings. The SMILES string of the molecule is CCn1nnc2cc(C(=O)NCCCc3ccccc3)ccc21. The number of carbonyl (C=O) groups excluding carboxylic acids is 1. The van der Waals surface area contributed by atoms with Crippen molar-refractivity contribution in [3.05, 3.63) is 59.7 Å². The standard InChI is InChI=1S/C18H20N4O/c1-2-22-17-11-10-15(13-16(17)20-21-22)18(23)19-12-6-9-14-7-4-3-5-8-14/h3-5,7-8,10-11,13H,2,6,9,12H2,1H3,(H,19,23). The van der Waals surface area contributed by atoms with E-state index in [0.29, 0.717) is 12.1 Å². The Balaban J connectivity index is 1.56. The molecule has 2 aromatic carbocycles. The van der Waals surface area contributed by atoms with Crippen molar-refractivity contribution in [1.82, 2.24) is 20.3 Å². The quantitative estimate of drug-likeness (QED) is 0.712. The number of carbonyl (C=O) groups is 1. The maximum Gasteiger partial charge on any atom is 0.251 e. The fourth-order valence-corrected chi connectivity index (χ4v) is 2.59. The van der Waals surface area contributed by atoms with Crippen LogP contribution in [-0.4, -0.2) is 27.4 Å². The van der Waals surface area contributed by atoms with E-state index < -0.39 is 0 Å². The maximum absolute atomic E-state index is 12.2. The molecule has 1 amide bonds. The minimum atomic E-state index is -0.0639. The van der Waals surface area contributed by atoms with Crippen LogP contribution in [-0.2, 0) is 13.0 Å². The van der Waals surface area contributed by atoms with Crippen LogP contribution in [0.2, 0.25) is 0 Å². The van der Waals surface area contributed by atoms with Gasteiger partial charge in [0.15, 0.2) is 0 Å². The van der Waals surface area contributed by atoms with Gasteiger partial charge in [-0.1, -0.05) is 35.5 Å². The molecule has 0 aliphatic rings. The summed E-state index contributed by atoms with van der Waals surface area (Å²) >= 11 is 0. The number of nitrogens with zero attached hydrogens (tertiary/aromatic N) is 3. The zero-order chi connectivity index (χ0) is 16.1. The molecule has 3 rings (SSSR count). The smallest absolute Gasteiger partial charge is 0.251 e. The van der Waals surface area contributed by atoms with Crippen molar-refractivity contribution in [2.45, 2.75) is 26.3 Å². The van der Waals surface area contributed by atoms with Gasteiger partial charge in [-0.2, -0.15) is 0 Å². The molecule has 0 spiro atoms. The van der Waals surface area contributed by atoms with Gasteiger partial charge in [0.25, 0.3) is 5.91 Å². The number of rotatable bonds is 6. The van der Waals surface area contributed by atoms with E-state index in [4.69, 9.17) is 0 Å². The van der Waals surface area contributed by atoms with Gasteiger partial charge in [0.2, 0.25) is 0 Å².